The van der Waals surface area contributed by atoms with Gasteiger partial charge >= 0.3 is 0 Å². The highest BCUT2D eigenvalue weighted by molar-refractivity contribution is 5.79. The molecule has 1 saturated heterocycles. The van der Waals surface area contributed by atoms with E-state index in [-0.39, 0.29) is 12.1 Å². The number of nitrogens with zero attached hydrogens (tertiary/aromatic N) is 1. The van der Waals surface area contributed by atoms with Crippen molar-refractivity contribution in [1.29, 1.82) is 0 Å². The molecular weight excluding hydrogens is 196 g/mol. The molecule has 0 aromatic rings. The Bertz CT molecular complexity index is 210. The van der Waals surface area contributed by atoms with Gasteiger partial charge in [0, 0.05) is 13.7 Å². The minimum absolute atomic E-state index is 0.200. The predicted molar refractivity (Wildman–Crippen MR) is 58.5 cm³/mol. The van der Waals surface area contributed by atoms with Crippen LogP contribution in [-0.4, -0.2) is 45.0 Å². The Kier molecular flexibility index (Phi) is 5.38. The molecule has 2 unspecified atom stereocenters. The van der Waals surface area contributed by atoms with Crippen LogP contribution in [0.25, 0.3) is 0 Å². The molecule has 2 atom stereocenters. The molecule has 0 spiro atoms. The number of rotatable bonds is 4. The van der Waals surface area contributed by atoms with Crippen LogP contribution in [0.5, 0.6) is 0 Å². The number of nitrogens with one attached hydrogen (secondary N) is 2. The number of aliphatic imine (C=N–C) groups is 1. The minimum atomic E-state index is 0.200. The molecule has 88 valence electrons. The van der Waals surface area contributed by atoms with Crippen LogP contribution in [0.3, 0.4) is 0 Å². The molecule has 6 nitrogen and oxygen atoms in total. The number of guanidine groups is 1. The van der Waals surface area contributed by atoms with E-state index in [4.69, 9.17) is 15.3 Å². The molecular formula is C9H20N4O2. The molecule has 1 heterocycles. The van der Waals surface area contributed by atoms with Crippen molar-refractivity contribution in [3.8, 4) is 0 Å². The summed E-state index contributed by atoms with van der Waals surface area (Å²) in [5.74, 6) is 5.95. The Hall–Kier alpha value is -0.850. The number of hydrazine groups is 1. The third-order valence-corrected chi connectivity index (χ3v) is 2.40. The first-order valence-corrected chi connectivity index (χ1v) is 5.16. The van der Waals surface area contributed by atoms with E-state index in [1.807, 2.05) is 6.92 Å². The van der Waals surface area contributed by atoms with Crippen LogP contribution in [0, 0.1) is 0 Å². The molecule has 0 aromatic heterocycles. The van der Waals surface area contributed by atoms with Crippen molar-refractivity contribution < 1.29 is 9.47 Å². The number of nitrogens with two attached hydrogens (primary N) is 1. The number of hydrogen-bond donors (Lipinski definition) is 3. The summed E-state index contributed by atoms with van der Waals surface area (Å²) in [5, 5.41) is 3.21. The number of methoxy groups -OCH3 is 1. The lowest BCUT2D eigenvalue weighted by molar-refractivity contribution is 0.116. The van der Waals surface area contributed by atoms with Gasteiger partial charge in [0.15, 0.2) is 0 Å². The van der Waals surface area contributed by atoms with Gasteiger partial charge in [-0.05, 0) is 13.3 Å². The van der Waals surface area contributed by atoms with Crippen LogP contribution in [-0.2, 0) is 9.47 Å². The lowest BCUT2D eigenvalue weighted by Crippen LogP contribution is -2.48. The van der Waals surface area contributed by atoms with E-state index in [0.29, 0.717) is 19.1 Å². The largest absolute Gasteiger partial charge is 0.383 e. The van der Waals surface area contributed by atoms with E-state index < -0.39 is 0 Å². The summed E-state index contributed by atoms with van der Waals surface area (Å²) in [4.78, 5) is 4.22. The molecule has 1 aliphatic rings. The van der Waals surface area contributed by atoms with E-state index >= 15 is 0 Å². The third-order valence-electron chi connectivity index (χ3n) is 2.40. The van der Waals surface area contributed by atoms with Gasteiger partial charge in [-0.15, -0.1) is 0 Å². The summed E-state index contributed by atoms with van der Waals surface area (Å²) < 4.78 is 10.3. The molecule has 15 heavy (non-hydrogen) atoms. The van der Waals surface area contributed by atoms with Crippen LogP contribution >= 0.6 is 0 Å². The molecule has 0 aromatic carbocycles. The maximum atomic E-state index is 5.43. The second kappa shape index (κ2) is 6.60. The zero-order valence-corrected chi connectivity index (χ0v) is 9.32. The maximum Gasteiger partial charge on any atom is 0.206 e. The molecule has 0 amide bonds. The zero-order valence-electron chi connectivity index (χ0n) is 9.32. The molecule has 0 saturated carbocycles. The molecule has 0 aliphatic carbocycles. The second-order valence-corrected chi connectivity index (χ2v) is 3.48. The van der Waals surface area contributed by atoms with Crippen molar-refractivity contribution in [1.82, 2.24) is 10.7 Å². The fourth-order valence-electron chi connectivity index (χ4n) is 1.48. The SMILES string of the molecule is COCCN=C(NN)NC1CCOC1C. The summed E-state index contributed by atoms with van der Waals surface area (Å²) in [5.41, 5.74) is 2.54. The van der Waals surface area contributed by atoms with Gasteiger partial charge in [-0.25, -0.2) is 10.8 Å². The lowest BCUT2D eigenvalue weighted by Gasteiger charge is -2.18. The minimum Gasteiger partial charge on any atom is -0.383 e. The summed E-state index contributed by atoms with van der Waals surface area (Å²) in [6.07, 6.45) is 1.18. The quantitative estimate of drug-likeness (QED) is 0.189. The molecule has 0 bridgehead atoms. The summed E-state index contributed by atoms with van der Waals surface area (Å²) in [6.45, 7) is 4.00. The highest BCUT2D eigenvalue weighted by atomic mass is 16.5. The van der Waals surface area contributed by atoms with Crippen molar-refractivity contribution in [3.63, 3.8) is 0 Å². The van der Waals surface area contributed by atoms with Crippen LogP contribution in [0.15, 0.2) is 4.99 Å². The van der Waals surface area contributed by atoms with E-state index in [1.54, 1.807) is 7.11 Å². The molecule has 1 rings (SSSR count). The fraction of sp³-hybridized carbons (Fsp3) is 0.889. The second-order valence-electron chi connectivity index (χ2n) is 3.48. The van der Waals surface area contributed by atoms with E-state index in [2.05, 4.69) is 15.7 Å². The van der Waals surface area contributed by atoms with E-state index in [9.17, 15) is 0 Å². The third kappa shape index (κ3) is 4.03. The molecule has 4 N–H and O–H groups in total. The maximum absolute atomic E-state index is 5.43. The van der Waals surface area contributed by atoms with Crippen molar-refractivity contribution in [3.05, 3.63) is 0 Å². The van der Waals surface area contributed by atoms with Gasteiger partial charge in [0.2, 0.25) is 5.96 Å². The van der Waals surface area contributed by atoms with Crippen LogP contribution < -0.4 is 16.6 Å². The smallest absolute Gasteiger partial charge is 0.206 e. The van der Waals surface area contributed by atoms with Crippen molar-refractivity contribution in [2.45, 2.75) is 25.5 Å². The lowest BCUT2D eigenvalue weighted by atomic mass is 10.2. The van der Waals surface area contributed by atoms with Gasteiger partial charge in [0.05, 0.1) is 25.3 Å². The Labute approximate surface area is 90.2 Å². The van der Waals surface area contributed by atoms with Gasteiger partial charge < -0.3 is 14.8 Å². The summed E-state index contributed by atoms with van der Waals surface area (Å²) in [6, 6.07) is 0.280. The molecule has 0 radical (unpaired) electrons. The summed E-state index contributed by atoms with van der Waals surface area (Å²) in [7, 11) is 1.64. The van der Waals surface area contributed by atoms with Crippen LogP contribution in [0.1, 0.15) is 13.3 Å². The normalized spacial score (nSPS) is 26.7. The first kappa shape index (κ1) is 12.2. The van der Waals surface area contributed by atoms with Gasteiger partial charge in [0.1, 0.15) is 0 Å². The topological polar surface area (TPSA) is 80.9 Å². The predicted octanol–water partition coefficient (Wildman–Crippen LogP) is -0.781. The average molecular weight is 216 g/mol. The first-order valence-electron chi connectivity index (χ1n) is 5.16. The fourth-order valence-corrected chi connectivity index (χ4v) is 1.48. The Balaban J connectivity index is 2.35. The highest BCUT2D eigenvalue weighted by Gasteiger charge is 2.24. The molecule has 6 heteroatoms. The monoisotopic (exact) mass is 216 g/mol. The van der Waals surface area contributed by atoms with E-state index in [1.165, 1.54) is 0 Å². The summed E-state index contributed by atoms with van der Waals surface area (Å²) >= 11 is 0. The Morgan fingerprint density at radius 2 is 2.47 bits per heavy atom. The molecule has 1 fully saturated rings. The van der Waals surface area contributed by atoms with Crippen molar-refractivity contribution in [2.75, 3.05) is 26.9 Å². The van der Waals surface area contributed by atoms with Gasteiger partial charge in [-0.3, -0.25) is 5.43 Å². The molecule has 1 aliphatic heterocycles. The van der Waals surface area contributed by atoms with Gasteiger partial charge in [0.25, 0.3) is 0 Å². The zero-order chi connectivity index (χ0) is 11.1. The Morgan fingerprint density at radius 1 is 1.67 bits per heavy atom. The van der Waals surface area contributed by atoms with Gasteiger partial charge in [-0.1, -0.05) is 0 Å². The van der Waals surface area contributed by atoms with Gasteiger partial charge in [-0.2, -0.15) is 0 Å². The van der Waals surface area contributed by atoms with Crippen molar-refractivity contribution in [2.24, 2.45) is 10.8 Å². The van der Waals surface area contributed by atoms with Crippen molar-refractivity contribution >= 4 is 5.96 Å². The first-order chi connectivity index (χ1) is 7.27. The number of ether oxygens (including phenoxy) is 2. The standard InChI is InChI=1S/C9H20N4O2/c1-7-8(3-5-15-7)12-9(13-10)11-4-6-14-2/h7-8H,3-6,10H2,1-2H3,(H2,11,12,13). The number of hydrogen-bond acceptors (Lipinski definition) is 4. The van der Waals surface area contributed by atoms with Crippen LogP contribution in [0.2, 0.25) is 0 Å². The highest BCUT2D eigenvalue weighted by Crippen LogP contribution is 2.11. The Morgan fingerprint density at radius 3 is 3.00 bits per heavy atom. The van der Waals surface area contributed by atoms with E-state index in [0.717, 1.165) is 13.0 Å². The average Bonchev–Trinajstić information content (AvgIpc) is 2.63. The van der Waals surface area contributed by atoms with Crippen LogP contribution in [0.4, 0.5) is 0 Å².